The molecule has 1 atom stereocenters. The molecule has 1 unspecified atom stereocenters. The largest absolute Gasteiger partial charge is 0.481 e. The highest BCUT2D eigenvalue weighted by atomic mass is 79.9. The van der Waals surface area contributed by atoms with Crippen LogP contribution in [0.15, 0.2) is 24.3 Å². The SMILES string of the molecule is CCOC(=O)C(Br)Cc1c(F)ccc2ccc(OC)nc12. The predicted octanol–water partition coefficient (Wildman–Crippen LogP) is 3.25. The Morgan fingerprint density at radius 2 is 2.10 bits per heavy atom. The number of hydrogen-bond acceptors (Lipinski definition) is 4. The summed E-state index contributed by atoms with van der Waals surface area (Å²) in [5.41, 5.74) is 0.851. The number of aromatic nitrogens is 1. The van der Waals surface area contributed by atoms with Crippen molar-refractivity contribution < 1.29 is 18.7 Å². The summed E-state index contributed by atoms with van der Waals surface area (Å²) in [6.45, 7) is 2.01. The molecule has 0 saturated carbocycles. The molecule has 0 spiro atoms. The van der Waals surface area contributed by atoms with E-state index in [1.54, 1.807) is 25.1 Å². The third-order valence-corrected chi connectivity index (χ3v) is 3.72. The van der Waals surface area contributed by atoms with Crippen molar-refractivity contribution >= 4 is 32.8 Å². The van der Waals surface area contributed by atoms with Crippen molar-refractivity contribution in [2.75, 3.05) is 13.7 Å². The van der Waals surface area contributed by atoms with E-state index in [1.165, 1.54) is 13.2 Å². The van der Waals surface area contributed by atoms with Crippen molar-refractivity contribution in [1.29, 1.82) is 0 Å². The first-order chi connectivity index (χ1) is 10.1. The summed E-state index contributed by atoms with van der Waals surface area (Å²) in [4.78, 5) is 15.3. The van der Waals surface area contributed by atoms with Crippen molar-refractivity contribution in [1.82, 2.24) is 4.98 Å². The Morgan fingerprint density at radius 1 is 1.38 bits per heavy atom. The van der Waals surface area contributed by atoms with Crippen LogP contribution in [0.2, 0.25) is 0 Å². The Morgan fingerprint density at radius 3 is 2.76 bits per heavy atom. The molecular weight excluding hydrogens is 341 g/mol. The molecule has 2 rings (SSSR count). The van der Waals surface area contributed by atoms with Crippen LogP contribution in [0.4, 0.5) is 4.39 Å². The van der Waals surface area contributed by atoms with E-state index in [2.05, 4.69) is 20.9 Å². The lowest BCUT2D eigenvalue weighted by molar-refractivity contribution is -0.142. The third kappa shape index (κ3) is 3.50. The number of fused-ring (bicyclic) bond motifs is 1. The van der Waals surface area contributed by atoms with Crippen LogP contribution in [0.1, 0.15) is 12.5 Å². The second-order valence-electron chi connectivity index (χ2n) is 4.37. The first-order valence-electron chi connectivity index (χ1n) is 6.49. The van der Waals surface area contributed by atoms with E-state index in [0.29, 0.717) is 17.0 Å². The topological polar surface area (TPSA) is 48.4 Å². The molecule has 0 radical (unpaired) electrons. The number of benzene rings is 1. The first kappa shape index (κ1) is 15.7. The summed E-state index contributed by atoms with van der Waals surface area (Å²) >= 11 is 3.24. The number of halogens is 2. The van der Waals surface area contributed by atoms with Crippen molar-refractivity contribution in [2.24, 2.45) is 0 Å². The van der Waals surface area contributed by atoms with Crippen LogP contribution in [0, 0.1) is 5.82 Å². The highest BCUT2D eigenvalue weighted by Crippen LogP contribution is 2.25. The minimum atomic E-state index is -0.620. The Labute approximate surface area is 130 Å². The Balaban J connectivity index is 2.41. The molecule has 2 aromatic rings. The molecule has 0 aliphatic carbocycles. The second kappa shape index (κ2) is 6.85. The van der Waals surface area contributed by atoms with E-state index in [-0.39, 0.29) is 13.0 Å². The molecular formula is C15H15BrFNO3. The summed E-state index contributed by atoms with van der Waals surface area (Å²) in [6.07, 6.45) is 0.155. The third-order valence-electron chi connectivity index (χ3n) is 3.02. The standard InChI is InChI=1S/C15H15BrFNO3/c1-3-21-15(19)11(16)8-10-12(17)6-4-9-5-7-13(20-2)18-14(9)10/h4-7,11H,3,8H2,1-2H3. The number of pyridine rings is 1. The van der Waals surface area contributed by atoms with Gasteiger partial charge in [0.25, 0.3) is 0 Å². The summed E-state index contributed by atoms with van der Waals surface area (Å²) in [5.74, 6) is -0.426. The molecule has 0 fully saturated rings. The fourth-order valence-electron chi connectivity index (χ4n) is 2.01. The highest BCUT2D eigenvalue weighted by Gasteiger charge is 2.21. The number of rotatable bonds is 5. The van der Waals surface area contributed by atoms with E-state index < -0.39 is 16.6 Å². The maximum atomic E-state index is 14.1. The zero-order chi connectivity index (χ0) is 15.4. The second-order valence-corrected chi connectivity index (χ2v) is 5.48. The van der Waals surface area contributed by atoms with E-state index in [4.69, 9.17) is 9.47 Å². The predicted molar refractivity (Wildman–Crippen MR) is 81.3 cm³/mol. The lowest BCUT2D eigenvalue weighted by atomic mass is 10.0. The minimum absolute atomic E-state index is 0.155. The van der Waals surface area contributed by atoms with Gasteiger partial charge in [-0.05, 0) is 25.1 Å². The number of ether oxygens (including phenoxy) is 2. The molecule has 6 heteroatoms. The number of methoxy groups -OCH3 is 1. The highest BCUT2D eigenvalue weighted by molar-refractivity contribution is 9.10. The molecule has 21 heavy (non-hydrogen) atoms. The summed E-state index contributed by atoms with van der Waals surface area (Å²) < 4.78 is 24.1. The van der Waals surface area contributed by atoms with Crippen LogP contribution < -0.4 is 4.74 Å². The van der Waals surface area contributed by atoms with Crippen LogP contribution >= 0.6 is 15.9 Å². The maximum Gasteiger partial charge on any atom is 0.320 e. The van der Waals surface area contributed by atoms with Crippen LogP contribution in [-0.4, -0.2) is 29.5 Å². The molecule has 1 heterocycles. The zero-order valence-corrected chi connectivity index (χ0v) is 13.3. The van der Waals surface area contributed by atoms with Crippen molar-refractivity contribution in [3.8, 4) is 5.88 Å². The number of esters is 1. The normalized spacial score (nSPS) is 12.2. The molecule has 4 nitrogen and oxygen atoms in total. The quantitative estimate of drug-likeness (QED) is 0.610. The molecule has 112 valence electrons. The van der Waals surface area contributed by atoms with E-state index in [9.17, 15) is 9.18 Å². The van der Waals surface area contributed by atoms with Crippen molar-refractivity contribution in [3.63, 3.8) is 0 Å². The molecule has 1 aromatic carbocycles. The number of hydrogen-bond donors (Lipinski definition) is 0. The van der Waals surface area contributed by atoms with Crippen LogP contribution in [0.5, 0.6) is 5.88 Å². The average molecular weight is 356 g/mol. The van der Waals surface area contributed by atoms with E-state index >= 15 is 0 Å². The van der Waals surface area contributed by atoms with Gasteiger partial charge in [-0.1, -0.05) is 15.9 Å². The van der Waals surface area contributed by atoms with Gasteiger partial charge in [-0.25, -0.2) is 9.37 Å². The molecule has 0 bridgehead atoms. The van der Waals surface area contributed by atoms with Crippen molar-refractivity contribution in [2.45, 2.75) is 18.2 Å². The molecule has 0 N–H and O–H groups in total. The lowest BCUT2D eigenvalue weighted by Crippen LogP contribution is -2.20. The smallest absolute Gasteiger partial charge is 0.320 e. The summed E-state index contributed by atoms with van der Waals surface area (Å²) in [5, 5.41) is 0.788. The zero-order valence-electron chi connectivity index (χ0n) is 11.7. The molecule has 0 saturated heterocycles. The van der Waals surface area contributed by atoms with Crippen molar-refractivity contribution in [3.05, 3.63) is 35.6 Å². The Hall–Kier alpha value is -1.69. The van der Waals surface area contributed by atoms with Gasteiger partial charge in [-0.2, -0.15) is 0 Å². The average Bonchev–Trinajstić information content (AvgIpc) is 2.49. The Bertz CT molecular complexity index is 663. The van der Waals surface area contributed by atoms with Gasteiger partial charge < -0.3 is 9.47 Å². The van der Waals surface area contributed by atoms with Gasteiger partial charge in [0.1, 0.15) is 10.6 Å². The summed E-state index contributed by atoms with van der Waals surface area (Å²) in [6, 6.07) is 6.53. The lowest BCUT2D eigenvalue weighted by Gasteiger charge is -2.12. The first-order valence-corrected chi connectivity index (χ1v) is 7.41. The van der Waals surface area contributed by atoms with Gasteiger partial charge in [-0.15, -0.1) is 0 Å². The number of carbonyl (C=O) groups is 1. The molecule has 0 amide bonds. The number of carbonyl (C=O) groups excluding carboxylic acids is 1. The van der Waals surface area contributed by atoms with Crippen LogP contribution in [0.25, 0.3) is 10.9 Å². The van der Waals surface area contributed by atoms with Crippen LogP contribution in [-0.2, 0) is 16.0 Å². The van der Waals surface area contributed by atoms with Gasteiger partial charge in [-0.3, -0.25) is 4.79 Å². The summed E-state index contributed by atoms with van der Waals surface area (Å²) in [7, 11) is 1.50. The van der Waals surface area contributed by atoms with E-state index in [1.807, 2.05) is 0 Å². The van der Waals surface area contributed by atoms with Gasteiger partial charge in [0.2, 0.25) is 5.88 Å². The van der Waals surface area contributed by atoms with Gasteiger partial charge in [0.15, 0.2) is 0 Å². The molecule has 0 aliphatic heterocycles. The maximum absolute atomic E-state index is 14.1. The van der Waals surface area contributed by atoms with E-state index in [0.717, 1.165) is 5.39 Å². The number of alkyl halides is 1. The fraction of sp³-hybridized carbons (Fsp3) is 0.333. The van der Waals surface area contributed by atoms with Gasteiger partial charge >= 0.3 is 5.97 Å². The molecule has 0 aliphatic rings. The minimum Gasteiger partial charge on any atom is -0.481 e. The monoisotopic (exact) mass is 355 g/mol. The Kier molecular flexibility index (Phi) is 5.12. The van der Waals surface area contributed by atoms with Gasteiger partial charge in [0.05, 0.1) is 19.2 Å². The fourth-order valence-corrected chi connectivity index (χ4v) is 2.46. The van der Waals surface area contributed by atoms with Crippen LogP contribution in [0.3, 0.4) is 0 Å². The number of nitrogens with zero attached hydrogens (tertiary/aromatic N) is 1. The molecule has 1 aromatic heterocycles. The van der Waals surface area contributed by atoms with Gasteiger partial charge in [0, 0.05) is 23.4 Å².